The van der Waals surface area contributed by atoms with Gasteiger partial charge in [0.05, 0.1) is 13.2 Å². The Morgan fingerprint density at radius 1 is 1.29 bits per heavy atom. The summed E-state index contributed by atoms with van der Waals surface area (Å²) in [6.45, 7) is 2.30. The first-order valence-corrected chi connectivity index (χ1v) is 7.93. The van der Waals surface area contributed by atoms with Crippen LogP contribution in [0.3, 0.4) is 0 Å². The van der Waals surface area contributed by atoms with Crippen molar-refractivity contribution in [2.24, 2.45) is 5.73 Å². The van der Waals surface area contributed by atoms with Gasteiger partial charge >= 0.3 is 0 Å². The summed E-state index contributed by atoms with van der Waals surface area (Å²) < 4.78 is 11.0. The molecule has 6 nitrogen and oxygen atoms in total. The third-order valence-corrected chi connectivity index (χ3v) is 3.50. The molecule has 1 amide bonds. The van der Waals surface area contributed by atoms with Gasteiger partial charge in [-0.05, 0) is 24.6 Å². The quantitative estimate of drug-likeness (QED) is 0.777. The largest absolute Gasteiger partial charge is 0.497 e. The third kappa shape index (κ3) is 4.96. The highest BCUT2D eigenvalue weighted by Gasteiger charge is 2.13. The summed E-state index contributed by atoms with van der Waals surface area (Å²) in [5.74, 6) is 1.58. The summed E-state index contributed by atoms with van der Waals surface area (Å²) in [4.78, 5) is 16.2. The van der Waals surface area contributed by atoms with Crippen LogP contribution in [0.15, 0.2) is 42.6 Å². The summed E-state index contributed by atoms with van der Waals surface area (Å²) in [6, 6.07) is 10.4. The number of rotatable bonds is 8. The number of hydrogen-bond acceptors (Lipinski definition) is 5. The standard InChI is InChI=1S/C18H23N3O3/c1-3-6-16(19)17(22)21-12-13-7-5-10-20-18(13)24-15-9-4-8-14(11-15)23-2/h4-5,7-11,16H,3,6,12,19H2,1-2H3,(H,21,22). The van der Waals surface area contributed by atoms with Gasteiger partial charge in [-0.2, -0.15) is 0 Å². The summed E-state index contributed by atoms with van der Waals surface area (Å²) in [6.07, 6.45) is 3.17. The molecule has 128 valence electrons. The Morgan fingerprint density at radius 3 is 2.83 bits per heavy atom. The monoisotopic (exact) mass is 329 g/mol. The van der Waals surface area contributed by atoms with Gasteiger partial charge in [0.2, 0.25) is 11.8 Å². The van der Waals surface area contributed by atoms with E-state index in [1.54, 1.807) is 25.4 Å². The maximum Gasteiger partial charge on any atom is 0.237 e. The maximum absolute atomic E-state index is 11.9. The molecule has 2 aromatic rings. The first kappa shape index (κ1) is 17.7. The molecule has 0 spiro atoms. The molecule has 1 aromatic heterocycles. The predicted molar refractivity (Wildman–Crippen MR) is 92.0 cm³/mol. The summed E-state index contributed by atoms with van der Waals surface area (Å²) in [7, 11) is 1.60. The van der Waals surface area contributed by atoms with Crippen molar-refractivity contribution in [2.75, 3.05) is 7.11 Å². The third-order valence-electron chi connectivity index (χ3n) is 3.50. The minimum Gasteiger partial charge on any atom is -0.497 e. The minimum absolute atomic E-state index is 0.173. The Morgan fingerprint density at radius 2 is 2.08 bits per heavy atom. The van der Waals surface area contributed by atoms with Gasteiger partial charge in [0.25, 0.3) is 0 Å². The Balaban J connectivity index is 2.05. The molecule has 0 saturated carbocycles. The molecular weight excluding hydrogens is 306 g/mol. The normalized spacial score (nSPS) is 11.6. The van der Waals surface area contributed by atoms with Gasteiger partial charge < -0.3 is 20.5 Å². The van der Waals surface area contributed by atoms with Gasteiger partial charge in [0.15, 0.2) is 0 Å². The number of carbonyl (C=O) groups is 1. The van der Waals surface area contributed by atoms with E-state index in [-0.39, 0.29) is 5.91 Å². The molecular formula is C18H23N3O3. The number of methoxy groups -OCH3 is 1. The molecule has 0 saturated heterocycles. The number of amides is 1. The first-order valence-electron chi connectivity index (χ1n) is 7.93. The first-order chi connectivity index (χ1) is 11.6. The van der Waals surface area contributed by atoms with Gasteiger partial charge in [-0.1, -0.05) is 25.5 Å². The average Bonchev–Trinajstić information content (AvgIpc) is 2.61. The average molecular weight is 329 g/mol. The molecule has 6 heteroatoms. The van der Waals surface area contributed by atoms with Crippen LogP contribution in [-0.4, -0.2) is 24.0 Å². The van der Waals surface area contributed by atoms with Gasteiger partial charge in [0.1, 0.15) is 11.5 Å². The molecule has 0 radical (unpaired) electrons. The second-order valence-electron chi connectivity index (χ2n) is 5.36. The number of ether oxygens (including phenoxy) is 2. The topological polar surface area (TPSA) is 86.5 Å². The molecule has 1 unspecified atom stereocenters. The fourth-order valence-electron chi connectivity index (χ4n) is 2.18. The van der Waals surface area contributed by atoms with Crippen molar-refractivity contribution in [3.8, 4) is 17.4 Å². The molecule has 0 fully saturated rings. The number of nitrogens with zero attached hydrogens (tertiary/aromatic N) is 1. The van der Waals surface area contributed by atoms with E-state index in [0.717, 1.165) is 12.0 Å². The second kappa shape index (κ2) is 8.88. The number of carbonyl (C=O) groups excluding carboxylic acids is 1. The van der Waals surface area contributed by atoms with Crippen LogP contribution in [-0.2, 0) is 11.3 Å². The predicted octanol–water partition coefficient (Wildman–Crippen LogP) is 2.63. The SMILES string of the molecule is CCCC(N)C(=O)NCc1cccnc1Oc1cccc(OC)c1. The highest BCUT2D eigenvalue weighted by atomic mass is 16.5. The molecule has 0 aliphatic carbocycles. The maximum atomic E-state index is 11.9. The van der Waals surface area contributed by atoms with Gasteiger partial charge in [-0.15, -0.1) is 0 Å². The van der Waals surface area contributed by atoms with E-state index in [2.05, 4.69) is 10.3 Å². The van der Waals surface area contributed by atoms with Crippen LogP contribution in [0.4, 0.5) is 0 Å². The van der Waals surface area contributed by atoms with Crippen molar-refractivity contribution in [2.45, 2.75) is 32.4 Å². The van der Waals surface area contributed by atoms with Crippen molar-refractivity contribution >= 4 is 5.91 Å². The van der Waals surface area contributed by atoms with Crippen molar-refractivity contribution in [1.82, 2.24) is 10.3 Å². The number of aromatic nitrogens is 1. The van der Waals surface area contributed by atoms with E-state index in [0.29, 0.717) is 30.3 Å². The van der Waals surface area contributed by atoms with E-state index in [1.165, 1.54) is 0 Å². The summed E-state index contributed by atoms with van der Waals surface area (Å²) >= 11 is 0. The molecule has 24 heavy (non-hydrogen) atoms. The molecule has 2 rings (SSSR count). The number of pyridine rings is 1. The summed E-state index contributed by atoms with van der Waals surface area (Å²) in [5.41, 5.74) is 6.59. The van der Waals surface area contributed by atoms with E-state index >= 15 is 0 Å². The Kier molecular flexibility index (Phi) is 6.57. The lowest BCUT2D eigenvalue weighted by atomic mass is 10.1. The highest BCUT2D eigenvalue weighted by molar-refractivity contribution is 5.81. The molecule has 0 aliphatic heterocycles. The summed E-state index contributed by atoms with van der Waals surface area (Å²) in [5, 5.41) is 2.82. The highest BCUT2D eigenvalue weighted by Crippen LogP contribution is 2.26. The molecule has 1 heterocycles. The lowest BCUT2D eigenvalue weighted by molar-refractivity contribution is -0.122. The lowest BCUT2D eigenvalue weighted by Gasteiger charge is -2.13. The van der Waals surface area contributed by atoms with Crippen molar-refractivity contribution in [1.29, 1.82) is 0 Å². The Bertz CT molecular complexity index is 676. The van der Waals surface area contributed by atoms with Crippen LogP contribution in [0, 0.1) is 0 Å². The van der Waals surface area contributed by atoms with Gasteiger partial charge in [0, 0.05) is 24.4 Å². The molecule has 1 aromatic carbocycles. The van der Waals surface area contributed by atoms with Crippen LogP contribution in [0.5, 0.6) is 17.4 Å². The number of hydrogen-bond donors (Lipinski definition) is 2. The number of nitrogens with two attached hydrogens (primary N) is 1. The van der Waals surface area contributed by atoms with Crippen LogP contribution < -0.4 is 20.5 Å². The number of nitrogens with one attached hydrogen (secondary N) is 1. The molecule has 1 atom stereocenters. The zero-order valence-electron chi connectivity index (χ0n) is 14.0. The van der Waals surface area contributed by atoms with E-state index in [9.17, 15) is 4.79 Å². The van der Waals surface area contributed by atoms with Crippen LogP contribution in [0.1, 0.15) is 25.3 Å². The minimum atomic E-state index is -0.491. The zero-order chi connectivity index (χ0) is 17.4. The van der Waals surface area contributed by atoms with Crippen molar-refractivity contribution < 1.29 is 14.3 Å². The van der Waals surface area contributed by atoms with E-state index in [1.807, 2.05) is 31.2 Å². The van der Waals surface area contributed by atoms with Gasteiger partial charge in [-0.25, -0.2) is 4.98 Å². The van der Waals surface area contributed by atoms with Crippen LogP contribution >= 0.6 is 0 Å². The fourth-order valence-corrected chi connectivity index (χ4v) is 2.18. The van der Waals surface area contributed by atoms with Gasteiger partial charge in [-0.3, -0.25) is 4.79 Å². The molecule has 3 N–H and O–H groups in total. The van der Waals surface area contributed by atoms with Crippen molar-refractivity contribution in [3.63, 3.8) is 0 Å². The number of benzene rings is 1. The fraction of sp³-hybridized carbons (Fsp3) is 0.333. The Hall–Kier alpha value is -2.60. The van der Waals surface area contributed by atoms with E-state index < -0.39 is 6.04 Å². The van der Waals surface area contributed by atoms with Crippen LogP contribution in [0.25, 0.3) is 0 Å². The second-order valence-corrected chi connectivity index (χ2v) is 5.36. The lowest BCUT2D eigenvalue weighted by Crippen LogP contribution is -2.40. The molecule has 0 aliphatic rings. The smallest absolute Gasteiger partial charge is 0.237 e. The van der Waals surface area contributed by atoms with E-state index in [4.69, 9.17) is 15.2 Å². The van der Waals surface area contributed by atoms with Crippen LogP contribution in [0.2, 0.25) is 0 Å². The molecule has 0 bridgehead atoms. The Labute approximate surface area is 142 Å². The van der Waals surface area contributed by atoms with Crippen molar-refractivity contribution in [3.05, 3.63) is 48.2 Å². The zero-order valence-corrected chi connectivity index (χ0v) is 14.0.